The molecular weight excluding hydrogens is 250 g/mol. The van der Waals surface area contributed by atoms with E-state index in [1.54, 1.807) is 6.92 Å². The maximum Gasteiger partial charge on any atom is 0.287 e. The van der Waals surface area contributed by atoms with Crippen LogP contribution in [0.3, 0.4) is 0 Å². The normalized spacial score (nSPS) is 24.3. The summed E-state index contributed by atoms with van der Waals surface area (Å²) < 4.78 is 0. The summed E-state index contributed by atoms with van der Waals surface area (Å²) in [5.41, 5.74) is -0.647. The van der Waals surface area contributed by atoms with Crippen molar-refractivity contribution >= 4 is 11.5 Å². The van der Waals surface area contributed by atoms with E-state index in [9.17, 15) is 20.0 Å². The van der Waals surface area contributed by atoms with Crippen LogP contribution < -0.4 is 0 Å². The number of carbonyl (C=O) groups excluding carboxylic acids is 1. The molecule has 2 N–H and O–H groups in total. The number of piperidine rings is 1. The monoisotopic (exact) mass is 267 g/mol. The van der Waals surface area contributed by atoms with Gasteiger partial charge in [0.25, 0.3) is 5.69 Å². The van der Waals surface area contributed by atoms with Crippen LogP contribution in [0.5, 0.6) is 0 Å². The summed E-state index contributed by atoms with van der Waals surface area (Å²) in [6, 6.07) is 1.24. The molecule has 1 fully saturated rings. The van der Waals surface area contributed by atoms with Gasteiger partial charge in [-0.05, 0) is 26.3 Å². The molecule has 2 rings (SSSR count). The second-order valence-corrected chi connectivity index (χ2v) is 5.26. The molecule has 7 nitrogen and oxygen atoms in total. The van der Waals surface area contributed by atoms with Gasteiger partial charge in [-0.2, -0.15) is 0 Å². The second-order valence-electron chi connectivity index (χ2n) is 5.26. The molecule has 0 aromatic carbocycles. The van der Waals surface area contributed by atoms with Crippen LogP contribution in [0.15, 0.2) is 12.3 Å². The Hall–Kier alpha value is -1.73. The Balaban J connectivity index is 1.98. The molecule has 1 aromatic rings. The molecule has 0 radical (unpaired) electrons. The number of hydrogen-bond donors (Lipinski definition) is 2. The Morgan fingerprint density at radius 1 is 1.68 bits per heavy atom. The van der Waals surface area contributed by atoms with Gasteiger partial charge in [-0.25, -0.2) is 0 Å². The summed E-state index contributed by atoms with van der Waals surface area (Å²) in [7, 11) is 0. The Kier molecular flexibility index (Phi) is 3.68. The number of H-pyrrole nitrogens is 1. The van der Waals surface area contributed by atoms with E-state index in [1.807, 2.05) is 4.90 Å². The fourth-order valence-electron chi connectivity index (χ4n) is 2.40. The zero-order valence-corrected chi connectivity index (χ0v) is 10.8. The van der Waals surface area contributed by atoms with Crippen LogP contribution in [0.25, 0.3) is 0 Å². The van der Waals surface area contributed by atoms with Gasteiger partial charge in [0.05, 0.1) is 29.0 Å². The summed E-state index contributed by atoms with van der Waals surface area (Å²) >= 11 is 0. The molecule has 0 saturated carbocycles. The van der Waals surface area contributed by atoms with Crippen molar-refractivity contribution in [2.45, 2.75) is 25.4 Å². The largest absolute Gasteiger partial charge is 0.389 e. The summed E-state index contributed by atoms with van der Waals surface area (Å²) in [5.74, 6) is -0.203. The third kappa shape index (κ3) is 3.39. The van der Waals surface area contributed by atoms with Crippen LogP contribution in [-0.2, 0) is 0 Å². The van der Waals surface area contributed by atoms with Gasteiger partial charge in [0, 0.05) is 12.6 Å². The Morgan fingerprint density at radius 2 is 2.42 bits per heavy atom. The number of aliphatic hydroxyl groups is 1. The fraction of sp³-hybridized carbons (Fsp3) is 0.583. The maximum atomic E-state index is 12.0. The van der Waals surface area contributed by atoms with Crippen LogP contribution in [0.1, 0.15) is 30.3 Å². The van der Waals surface area contributed by atoms with Crippen molar-refractivity contribution in [3.05, 3.63) is 28.1 Å². The van der Waals surface area contributed by atoms with Crippen molar-refractivity contribution < 1.29 is 14.8 Å². The lowest BCUT2D eigenvalue weighted by Gasteiger charge is -2.36. The molecule has 1 atom stereocenters. The standard InChI is InChI=1S/C12H17N3O4/c1-12(17)3-2-4-14(8-12)7-11(16)10-5-9(6-13-10)15(18)19/h5-6,13,17H,2-4,7-8H2,1H3. The molecule has 2 heterocycles. The van der Waals surface area contributed by atoms with E-state index in [2.05, 4.69) is 4.98 Å². The highest BCUT2D eigenvalue weighted by atomic mass is 16.6. The van der Waals surface area contributed by atoms with Gasteiger partial charge in [-0.15, -0.1) is 0 Å². The van der Waals surface area contributed by atoms with Gasteiger partial charge < -0.3 is 10.1 Å². The molecule has 104 valence electrons. The molecule has 0 bridgehead atoms. The molecule has 0 spiro atoms. The number of carbonyl (C=O) groups is 1. The van der Waals surface area contributed by atoms with Crippen molar-refractivity contribution in [1.82, 2.24) is 9.88 Å². The molecule has 1 aliphatic rings. The first-order valence-corrected chi connectivity index (χ1v) is 6.18. The molecule has 7 heteroatoms. The average Bonchev–Trinajstić information content (AvgIpc) is 2.76. The van der Waals surface area contributed by atoms with Crippen LogP contribution >= 0.6 is 0 Å². The van der Waals surface area contributed by atoms with Crippen molar-refractivity contribution in [3.63, 3.8) is 0 Å². The summed E-state index contributed by atoms with van der Waals surface area (Å²) in [6.45, 7) is 3.11. The third-order valence-corrected chi connectivity index (χ3v) is 3.30. The molecule has 0 amide bonds. The number of rotatable bonds is 4. The fourth-order valence-corrected chi connectivity index (χ4v) is 2.40. The lowest BCUT2D eigenvalue weighted by molar-refractivity contribution is -0.384. The van der Waals surface area contributed by atoms with Gasteiger partial charge in [-0.3, -0.25) is 19.8 Å². The highest BCUT2D eigenvalue weighted by molar-refractivity contribution is 5.96. The van der Waals surface area contributed by atoms with Crippen molar-refractivity contribution in [2.24, 2.45) is 0 Å². The van der Waals surface area contributed by atoms with Gasteiger partial charge in [0.1, 0.15) is 0 Å². The van der Waals surface area contributed by atoms with Crippen molar-refractivity contribution in [1.29, 1.82) is 0 Å². The number of aromatic amines is 1. The molecule has 1 aromatic heterocycles. The number of nitrogens with zero attached hydrogens (tertiary/aromatic N) is 2. The summed E-state index contributed by atoms with van der Waals surface area (Å²) in [5, 5.41) is 20.5. The predicted octanol–water partition coefficient (Wildman–Crippen LogP) is 0.952. The first kappa shape index (κ1) is 13.7. The minimum absolute atomic E-state index is 0.117. The Morgan fingerprint density at radius 3 is 3.00 bits per heavy atom. The second kappa shape index (κ2) is 5.10. The Labute approximate surface area is 110 Å². The van der Waals surface area contributed by atoms with Gasteiger partial charge >= 0.3 is 0 Å². The highest BCUT2D eigenvalue weighted by Crippen LogP contribution is 2.20. The van der Waals surface area contributed by atoms with Crippen LogP contribution in [-0.4, -0.2) is 50.9 Å². The molecule has 19 heavy (non-hydrogen) atoms. The summed E-state index contributed by atoms with van der Waals surface area (Å²) in [6.07, 6.45) is 2.77. The first-order chi connectivity index (χ1) is 8.87. The number of ketones is 1. The van der Waals surface area contributed by atoms with E-state index in [0.29, 0.717) is 6.54 Å². The van der Waals surface area contributed by atoms with E-state index < -0.39 is 10.5 Å². The zero-order valence-electron chi connectivity index (χ0n) is 10.8. The average molecular weight is 267 g/mol. The highest BCUT2D eigenvalue weighted by Gasteiger charge is 2.29. The van der Waals surface area contributed by atoms with Crippen molar-refractivity contribution in [3.8, 4) is 0 Å². The van der Waals surface area contributed by atoms with Gasteiger partial charge in [-0.1, -0.05) is 0 Å². The Bertz CT molecular complexity index is 495. The van der Waals surface area contributed by atoms with E-state index in [0.717, 1.165) is 19.4 Å². The minimum Gasteiger partial charge on any atom is -0.389 e. The topological polar surface area (TPSA) is 99.5 Å². The van der Waals surface area contributed by atoms with E-state index >= 15 is 0 Å². The maximum absolute atomic E-state index is 12.0. The molecule has 0 aliphatic carbocycles. The molecule has 1 saturated heterocycles. The third-order valence-electron chi connectivity index (χ3n) is 3.30. The van der Waals surface area contributed by atoms with Crippen LogP contribution in [0.2, 0.25) is 0 Å². The van der Waals surface area contributed by atoms with Gasteiger partial charge in [0.2, 0.25) is 0 Å². The van der Waals surface area contributed by atoms with E-state index in [4.69, 9.17) is 0 Å². The number of Topliss-reactive ketones (excluding diaryl/α,β-unsaturated/α-hetero) is 1. The first-order valence-electron chi connectivity index (χ1n) is 6.18. The molecule has 1 unspecified atom stereocenters. The zero-order chi connectivity index (χ0) is 14.0. The quantitative estimate of drug-likeness (QED) is 0.480. The number of nitro groups is 1. The van der Waals surface area contributed by atoms with Gasteiger partial charge in [0.15, 0.2) is 5.78 Å². The molecular formula is C12H17N3O4. The number of nitrogens with one attached hydrogen (secondary N) is 1. The van der Waals surface area contributed by atoms with E-state index in [-0.39, 0.29) is 23.7 Å². The molecule has 1 aliphatic heterocycles. The number of likely N-dealkylation sites (tertiary alicyclic amines) is 1. The number of aromatic nitrogens is 1. The number of hydrogen-bond acceptors (Lipinski definition) is 5. The number of β-amino-alcohol motifs (C(OH)–C–C–N with tert-alkyl or cyclic N) is 1. The smallest absolute Gasteiger partial charge is 0.287 e. The predicted molar refractivity (Wildman–Crippen MR) is 68.1 cm³/mol. The van der Waals surface area contributed by atoms with Crippen LogP contribution in [0.4, 0.5) is 5.69 Å². The van der Waals surface area contributed by atoms with E-state index in [1.165, 1.54) is 12.3 Å². The minimum atomic E-state index is -0.764. The SMILES string of the molecule is CC1(O)CCCN(CC(=O)c2cc([N+](=O)[O-])c[nH]2)C1. The lowest BCUT2D eigenvalue weighted by Crippen LogP contribution is -2.47. The van der Waals surface area contributed by atoms with Crippen molar-refractivity contribution in [2.75, 3.05) is 19.6 Å². The lowest BCUT2D eigenvalue weighted by atomic mass is 9.95. The van der Waals surface area contributed by atoms with Crippen LogP contribution in [0, 0.1) is 10.1 Å². The summed E-state index contributed by atoms with van der Waals surface area (Å²) in [4.78, 5) is 26.5.